The highest BCUT2D eigenvalue weighted by molar-refractivity contribution is 6.30. The predicted molar refractivity (Wildman–Crippen MR) is 102 cm³/mol. The molecule has 144 valence electrons. The average molecular weight is 392 g/mol. The van der Waals surface area contributed by atoms with Crippen molar-refractivity contribution in [1.82, 2.24) is 5.32 Å². The highest BCUT2D eigenvalue weighted by atomic mass is 35.5. The normalized spacial score (nSPS) is 11.5. The van der Waals surface area contributed by atoms with Crippen molar-refractivity contribution in [1.29, 1.82) is 0 Å². The van der Waals surface area contributed by atoms with Crippen LogP contribution < -0.4 is 14.8 Å². The molecule has 27 heavy (non-hydrogen) atoms. The second-order valence-corrected chi connectivity index (χ2v) is 6.39. The molecule has 2 N–H and O–H groups in total. The fourth-order valence-electron chi connectivity index (χ4n) is 2.70. The van der Waals surface area contributed by atoms with Crippen molar-refractivity contribution in [3.8, 4) is 11.5 Å². The third-order valence-electron chi connectivity index (χ3n) is 4.08. The molecular formula is C20H22ClNO5. The van der Waals surface area contributed by atoms with E-state index in [-0.39, 0.29) is 18.7 Å². The molecule has 0 aromatic heterocycles. The van der Waals surface area contributed by atoms with Crippen LogP contribution in [0.25, 0.3) is 0 Å². The Labute approximate surface area is 163 Å². The van der Waals surface area contributed by atoms with Crippen LogP contribution in [0, 0.1) is 0 Å². The number of rotatable bonds is 9. The van der Waals surface area contributed by atoms with Crippen molar-refractivity contribution in [2.24, 2.45) is 0 Å². The summed E-state index contributed by atoms with van der Waals surface area (Å²) in [5.74, 6) is -0.220. The zero-order valence-corrected chi connectivity index (χ0v) is 16.0. The van der Waals surface area contributed by atoms with Gasteiger partial charge in [-0.1, -0.05) is 23.7 Å². The first-order chi connectivity index (χ1) is 12.9. The van der Waals surface area contributed by atoms with E-state index in [1.807, 2.05) is 12.1 Å². The second kappa shape index (κ2) is 9.83. The number of methoxy groups -OCH3 is 2. The molecule has 6 nitrogen and oxygen atoms in total. The third-order valence-corrected chi connectivity index (χ3v) is 4.34. The zero-order chi connectivity index (χ0) is 19.8. The van der Waals surface area contributed by atoms with Crippen LogP contribution in [0.2, 0.25) is 5.02 Å². The van der Waals surface area contributed by atoms with E-state index in [4.69, 9.17) is 21.1 Å². The monoisotopic (exact) mass is 391 g/mol. The van der Waals surface area contributed by atoms with Gasteiger partial charge in [0.15, 0.2) is 0 Å². The lowest BCUT2D eigenvalue weighted by Crippen LogP contribution is -2.30. The summed E-state index contributed by atoms with van der Waals surface area (Å²) in [6, 6.07) is 11.6. The molecule has 2 aromatic rings. The van der Waals surface area contributed by atoms with Crippen molar-refractivity contribution < 1.29 is 24.2 Å². The molecule has 0 aliphatic rings. The van der Waals surface area contributed by atoms with Gasteiger partial charge in [-0.25, -0.2) is 0 Å². The summed E-state index contributed by atoms with van der Waals surface area (Å²) in [4.78, 5) is 23.6. The molecule has 2 aromatic carbocycles. The van der Waals surface area contributed by atoms with Gasteiger partial charge in [-0.3, -0.25) is 9.59 Å². The van der Waals surface area contributed by atoms with Crippen LogP contribution in [0.15, 0.2) is 42.5 Å². The first-order valence-corrected chi connectivity index (χ1v) is 8.78. The Morgan fingerprint density at radius 1 is 1.11 bits per heavy atom. The molecule has 1 unspecified atom stereocenters. The molecule has 0 saturated carbocycles. The first kappa shape index (κ1) is 20.6. The minimum atomic E-state index is -1.02. The smallest absolute Gasteiger partial charge is 0.305 e. The van der Waals surface area contributed by atoms with E-state index in [1.165, 1.54) is 14.2 Å². The number of halogens is 1. The Hall–Kier alpha value is -2.73. The van der Waals surface area contributed by atoms with Gasteiger partial charge >= 0.3 is 5.97 Å². The number of aliphatic carboxylic acids is 1. The topological polar surface area (TPSA) is 84.9 Å². The number of hydrogen-bond donors (Lipinski definition) is 2. The summed E-state index contributed by atoms with van der Waals surface area (Å²) in [5, 5.41) is 12.7. The van der Waals surface area contributed by atoms with E-state index in [1.54, 1.807) is 30.3 Å². The summed E-state index contributed by atoms with van der Waals surface area (Å²) in [5.41, 5.74) is 1.56. The quantitative estimate of drug-likeness (QED) is 0.682. The Morgan fingerprint density at radius 2 is 1.81 bits per heavy atom. The number of carboxylic acid groups (broad SMARTS) is 1. The van der Waals surface area contributed by atoms with Gasteiger partial charge in [-0.05, 0) is 36.2 Å². The molecule has 7 heteroatoms. The fourth-order valence-corrected chi connectivity index (χ4v) is 2.82. The lowest BCUT2D eigenvalue weighted by molar-refractivity contribution is -0.137. The second-order valence-electron chi connectivity index (χ2n) is 5.95. The van der Waals surface area contributed by atoms with Crippen LogP contribution in [0.4, 0.5) is 0 Å². The third kappa shape index (κ3) is 6.18. The number of ether oxygens (including phenoxy) is 2. The number of benzene rings is 2. The number of carbonyl (C=O) groups is 2. The SMILES string of the molecule is COc1ccc(C(CC(=O)O)NC(=O)CCc2ccc(Cl)cc2)c(OC)c1. The molecular weight excluding hydrogens is 370 g/mol. The lowest BCUT2D eigenvalue weighted by Gasteiger charge is -2.20. The van der Waals surface area contributed by atoms with Crippen molar-refractivity contribution in [3.63, 3.8) is 0 Å². The Morgan fingerprint density at radius 3 is 2.41 bits per heavy atom. The molecule has 0 radical (unpaired) electrons. The van der Waals surface area contributed by atoms with Crippen LogP contribution in [0.3, 0.4) is 0 Å². The molecule has 0 heterocycles. The number of nitrogens with one attached hydrogen (secondary N) is 1. The Balaban J connectivity index is 2.10. The van der Waals surface area contributed by atoms with Crippen LogP contribution in [0.5, 0.6) is 11.5 Å². The summed E-state index contributed by atoms with van der Waals surface area (Å²) in [6.45, 7) is 0. The molecule has 0 saturated heterocycles. The number of carbonyl (C=O) groups excluding carboxylic acids is 1. The van der Waals surface area contributed by atoms with Crippen molar-refractivity contribution in [2.75, 3.05) is 14.2 Å². The first-order valence-electron chi connectivity index (χ1n) is 8.40. The van der Waals surface area contributed by atoms with Crippen LogP contribution in [-0.4, -0.2) is 31.2 Å². The maximum atomic E-state index is 12.4. The minimum absolute atomic E-state index is 0.232. The molecule has 1 amide bonds. The summed E-state index contributed by atoms with van der Waals surface area (Å²) in [6.07, 6.45) is 0.508. The van der Waals surface area contributed by atoms with E-state index < -0.39 is 12.0 Å². The Bertz CT molecular complexity index is 791. The Kier molecular flexibility index (Phi) is 7.49. The number of hydrogen-bond acceptors (Lipinski definition) is 4. The zero-order valence-electron chi connectivity index (χ0n) is 15.2. The van der Waals surface area contributed by atoms with E-state index in [9.17, 15) is 14.7 Å². The molecule has 0 bridgehead atoms. The number of aryl methyl sites for hydroxylation is 1. The standard InChI is InChI=1S/C20H22ClNO5/c1-26-15-8-9-16(18(11-15)27-2)17(12-20(24)25)22-19(23)10-5-13-3-6-14(21)7-4-13/h3-4,6-9,11,17H,5,10,12H2,1-2H3,(H,22,23)(H,24,25). The van der Waals surface area contributed by atoms with Crippen molar-refractivity contribution in [3.05, 3.63) is 58.6 Å². The fraction of sp³-hybridized carbons (Fsp3) is 0.300. The van der Waals surface area contributed by atoms with Gasteiger partial charge < -0.3 is 19.9 Å². The minimum Gasteiger partial charge on any atom is -0.497 e. The highest BCUT2D eigenvalue weighted by Crippen LogP contribution is 2.31. The van der Waals surface area contributed by atoms with Crippen LogP contribution in [-0.2, 0) is 16.0 Å². The maximum absolute atomic E-state index is 12.4. The van der Waals surface area contributed by atoms with E-state index in [0.717, 1.165) is 5.56 Å². The van der Waals surface area contributed by atoms with Crippen molar-refractivity contribution >= 4 is 23.5 Å². The van der Waals surface area contributed by atoms with Gasteiger partial charge in [-0.15, -0.1) is 0 Å². The van der Waals surface area contributed by atoms with Gasteiger partial charge in [0.25, 0.3) is 0 Å². The van der Waals surface area contributed by atoms with Crippen LogP contribution in [0.1, 0.15) is 30.0 Å². The van der Waals surface area contributed by atoms with E-state index in [2.05, 4.69) is 5.32 Å². The van der Waals surface area contributed by atoms with Crippen LogP contribution >= 0.6 is 11.6 Å². The van der Waals surface area contributed by atoms with Gasteiger partial charge in [0, 0.05) is 23.1 Å². The van der Waals surface area contributed by atoms with Gasteiger partial charge in [0.1, 0.15) is 11.5 Å². The van der Waals surface area contributed by atoms with E-state index in [0.29, 0.717) is 28.5 Å². The summed E-state index contributed by atoms with van der Waals surface area (Å²) in [7, 11) is 3.01. The molecule has 0 spiro atoms. The molecule has 0 aliphatic heterocycles. The van der Waals surface area contributed by atoms with Gasteiger partial charge in [-0.2, -0.15) is 0 Å². The maximum Gasteiger partial charge on any atom is 0.305 e. The molecule has 0 fully saturated rings. The number of amides is 1. The summed E-state index contributed by atoms with van der Waals surface area (Å²) >= 11 is 5.85. The van der Waals surface area contributed by atoms with Gasteiger partial charge in [0.05, 0.1) is 26.7 Å². The van der Waals surface area contributed by atoms with E-state index >= 15 is 0 Å². The molecule has 2 rings (SSSR count). The molecule has 0 aliphatic carbocycles. The highest BCUT2D eigenvalue weighted by Gasteiger charge is 2.22. The van der Waals surface area contributed by atoms with Gasteiger partial charge in [0.2, 0.25) is 5.91 Å². The summed E-state index contributed by atoms with van der Waals surface area (Å²) < 4.78 is 10.5. The predicted octanol–water partition coefficient (Wildman–Crippen LogP) is 3.62. The lowest BCUT2D eigenvalue weighted by atomic mass is 10.0. The average Bonchev–Trinajstić information content (AvgIpc) is 2.66. The number of carboxylic acids is 1. The molecule has 1 atom stereocenters. The van der Waals surface area contributed by atoms with Crippen molar-refractivity contribution in [2.45, 2.75) is 25.3 Å². The largest absolute Gasteiger partial charge is 0.497 e.